The Morgan fingerprint density at radius 2 is 2.12 bits per heavy atom. The van der Waals surface area contributed by atoms with Crippen molar-refractivity contribution in [2.45, 2.75) is 16.3 Å². The summed E-state index contributed by atoms with van der Waals surface area (Å²) in [5.74, 6) is 5.70. The summed E-state index contributed by atoms with van der Waals surface area (Å²) >= 11 is 14.9. The van der Waals surface area contributed by atoms with E-state index < -0.39 is 0 Å². The number of hydrazine groups is 1. The summed E-state index contributed by atoms with van der Waals surface area (Å²) in [6, 6.07) is 1.61. The molecule has 0 aliphatic carbocycles. The van der Waals surface area contributed by atoms with Crippen molar-refractivity contribution in [3.63, 3.8) is 0 Å². The zero-order valence-corrected chi connectivity index (χ0v) is 11.8. The molecule has 0 amide bonds. The van der Waals surface area contributed by atoms with Gasteiger partial charge in [0.05, 0.1) is 10.0 Å². The van der Waals surface area contributed by atoms with Crippen LogP contribution in [-0.2, 0) is 0 Å². The van der Waals surface area contributed by atoms with E-state index in [4.69, 9.17) is 29.0 Å². The van der Waals surface area contributed by atoms with Crippen molar-refractivity contribution in [3.05, 3.63) is 27.2 Å². The van der Waals surface area contributed by atoms with Crippen LogP contribution < -0.4 is 11.3 Å². The normalized spacial score (nSPS) is 10.6. The molecule has 0 aliphatic heterocycles. The van der Waals surface area contributed by atoms with Gasteiger partial charge in [-0.1, -0.05) is 23.2 Å². The van der Waals surface area contributed by atoms with Gasteiger partial charge < -0.3 is 5.43 Å². The minimum Gasteiger partial charge on any atom is -0.307 e. The molecule has 8 heteroatoms. The number of thiazole rings is 1. The lowest BCUT2D eigenvalue weighted by molar-refractivity contribution is 1.09. The number of halogens is 2. The maximum atomic E-state index is 6.06. The van der Waals surface area contributed by atoms with E-state index in [1.54, 1.807) is 6.07 Å². The van der Waals surface area contributed by atoms with Crippen LogP contribution in [0.5, 0.6) is 0 Å². The van der Waals surface area contributed by atoms with Crippen LogP contribution in [0.2, 0.25) is 10.0 Å². The zero-order valence-electron chi connectivity index (χ0n) is 8.70. The number of hydrogen-bond donors (Lipinski definition) is 2. The summed E-state index contributed by atoms with van der Waals surface area (Å²) in [5.41, 5.74) is 3.39. The van der Waals surface area contributed by atoms with E-state index in [0.29, 0.717) is 20.9 Å². The van der Waals surface area contributed by atoms with Gasteiger partial charge >= 0.3 is 0 Å². The molecule has 0 radical (unpaired) electrons. The molecule has 17 heavy (non-hydrogen) atoms. The van der Waals surface area contributed by atoms with Gasteiger partial charge in [0.25, 0.3) is 0 Å². The molecular weight excluding hydrogens is 299 g/mol. The van der Waals surface area contributed by atoms with Crippen molar-refractivity contribution in [1.82, 2.24) is 9.97 Å². The number of pyridine rings is 1. The van der Waals surface area contributed by atoms with Crippen molar-refractivity contribution in [1.29, 1.82) is 0 Å². The minimum atomic E-state index is 0.386. The lowest BCUT2D eigenvalue weighted by atomic mass is 10.4. The number of aromatic nitrogens is 2. The second kappa shape index (κ2) is 5.41. The average Bonchev–Trinajstić information content (AvgIpc) is 2.68. The molecule has 4 nitrogen and oxygen atoms in total. The molecular formula is C9H8Cl2N4S2. The zero-order chi connectivity index (χ0) is 12.4. The number of nitrogen functional groups attached to an aromatic ring is 1. The van der Waals surface area contributed by atoms with Gasteiger partial charge in [-0.2, -0.15) is 0 Å². The molecule has 2 rings (SSSR count). The Labute approximate surface area is 117 Å². The summed E-state index contributed by atoms with van der Waals surface area (Å²) in [6.45, 7) is 1.93. The summed E-state index contributed by atoms with van der Waals surface area (Å²) < 4.78 is 0.877. The van der Waals surface area contributed by atoms with Gasteiger partial charge in [-0.3, -0.25) is 0 Å². The van der Waals surface area contributed by atoms with E-state index in [1.165, 1.54) is 23.1 Å². The summed E-state index contributed by atoms with van der Waals surface area (Å²) in [4.78, 5) is 8.55. The fraction of sp³-hybridized carbons (Fsp3) is 0.111. The Kier molecular flexibility index (Phi) is 4.11. The Morgan fingerprint density at radius 1 is 1.35 bits per heavy atom. The first-order valence-corrected chi connectivity index (χ1v) is 6.98. The lowest BCUT2D eigenvalue weighted by Gasteiger charge is -2.06. The van der Waals surface area contributed by atoms with E-state index in [9.17, 15) is 0 Å². The Bertz CT molecular complexity index is 544. The second-order valence-electron chi connectivity index (χ2n) is 3.11. The maximum absolute atomic E-state index is 6.06. The molecule has 2 heterocycles. The van der Waals surface area contributed by atoms with Crippen molar-refractivity contribution >= 4 is 52.1 Å². The van der Waals surface area contributed by atoms with Crippen molar-refractivity contribution in [2.75, 3.05) is 5.43 Å². The molecule has 3 N–H and O–H groups in total. The predicted molar refractivity (Wildman–Crippen MR) is 73.0 cm³/mol. The van der Waals surface area contributed by atoms with Gasteiger partial charge in [-0.15, -0.1) is 11.3 Å². The van der Waals surface area contributed by atoms with Crippen molar-refractivity contribution in [2.24, 2.45) is 5.84 Å². The number of anilines is 1. The van der Waals surface area contributed by atoms with Crippen LogP contribution in [0.15, 0.2) is 20.8 Å². The molecule has 0 fully saturated rings. The number of hydrogen-bond acceptors (Lipinski definition) is 6. The van der Waals surface area contributed by atoms with Gasteiger partial charge in [0.1, 0.15) is 5.03 Å². The number of nitrogens with two attached hydrogens (primary N) is 1. The van der Waals surface area contributed by atoms with Crippen molar-refractivity contribution in [3.8, 4) is 0 Å². The van der Waals surface area contributed by atoms with E-state index in [0.717, 1.165) is 10.0 Å². The molecule has 0 spiro atoms. The smallest absolute Gasteiger partial charge is 0.160 e. The first kappa shape index (κ1) is 12.9. The van der Waals surface area contributed by atoms with E-state index >= 15 is 0 Å². The van der Waals surface area contributed by atoms with Crippen LogP contribution in [0.4, 0.5) is 5.82 Å². The summed E-state index contributed by atoms with van der Waals surface area (Å²) in [7, 11) is 0. The highest BCUT2D eigenvalue weighted by molar-refractivity contribution is 8.01. The first-order chi connectivity index (χ1) is 8.10. The van der Waals surface area contributed by atoms with Crippen LogP contribution in [0.3, 0.4) is 0 Å². The topological polar surface area (TPSA) is 63.8 Å². The van der Waals surface area contributed by atoms with E-state index in [2.05, 4.69) is 15.4 Å². The van der Waals surface area contributed by atoms with Gasteiger partial charge in [0.15, 0.2) is 10.2 Å². The molecule has 0 bridgehead atoms. The molecule has 2 aromatic rings. The second-order valence-corrected chi connectivity index (χ2v) is 6.02. The van der Waals surface area contributed by atoms with Crippen molar-refractivity contribution < 1.29 is 0 Å². The Balaban J connectivity index is 2.32. The van der Waals surface area contributed by atoms with Crippen LogP contribution in [0.1, 0.15) is 5.69 Å². The molecule has 0 aliphatic rings. The monoisotopic (exact) mass is 306 g/mol. The van der Waals surface area contributed by atoms with Crippen LogP contribution >= 0.6 is 46.3 Å². The molecule has 0 saturated carbocycles. The lowest BCUT2D eigenvalue weighted by Crippen LogP contribution is -2.09. The van der Waals surface area contributed by atoms with E-state index in [1.807, 2.05) is 12.3 Å². The SMILES string of the molecule is Cc1csc(Sc2nc(NN)c(Cl)cc2Cl)n1. The molecule has 0 atom stereocenters. The third-order valence-electron chi connectivity index (χ3n) is 1.82. The number of nitrogens with one attached hydrogen (secondary N) is 1. The fourth-order valence-electron chi connectivity index (χ4n) is 1.08. The highest BCUT2D eigenvalue weighted by atomic mass is 35.5. The highest BCUT2D eigenvalue weighted by Crippen LogP contribution is 2.36. The Morgan fingerprint density at radius 3 is 2.71 bits per heavy atom. The predicted octanol–water partition coefficient (Wildman–Crippen LogP) is 3.59. The third-order valence-corrected chi connectivity index (χ3v) is 4.57. The number of aryl methyl sites for hydroxylation is 1. The van der Waals surface area contributed by atoms with Gasteiger partial charge in [0.2, 0.25) is 0 Å². The number of rotatable bonds is 3. The molecule has 0 saturated heterocycles. The average molecular weight is 307 g/mol. The highest BCUT2D eigenvalue weighted by Gasteiger charge is 2.11. The third kappa shape index (κ3) is 3.02. The largest absolute Gasteiger partial charge is 0.307 e. The molecule has 2 aromatic heterocycles. The molecule has 0 unspecified atom stereocenters. The fourth-order valence-corrected chi connectivity index (χ4v) is 3.36. The summed E-state index contributed by atoms with van der Waals surface area (Å²) in [5, 5.41) is 3.45. The van der Waals surface area contributed by atoms with E-state index in [-0.39, 0.29) is 0 Å². The standard InChI is InChI=1S/C9H8Cl2N4S2/c1-4-3-16-9(13-4)17-8-6(11)2-5(10)7(14-8)15-12/h2-3H,12H2,1H3,(H,14,15). The van der Waals surface area contributed by atoms with Gasteiger partial charge in [0, 0.05) is 11.1 Å². The minimum absolute atomic E-state index is 0.386. The van der Waals surface area contributed by atoms with Gasteiger partial charge in [-0.05, 0) is 24.8 Å². The summed E-state index contributed by atoms with van der Waals surface area (Å²) in [6.07, 6.45) is 0. The number of nitrogens with zero attached hydrogens (tertiary/aromatic N) is 2. The maximum Gasteiger partial charge on any atom is 0.160 e. The van der Waals surface area contributed by atoms with Crippen LogP contribution in [0.25, 0.3) is 0 Å². The Hall–Kier alpha value is -0.530. The van der Waals surface area contributed by atoms with Gasteiger partial charge in [-0.25, -0.2) is 15.8 Å². The molecule has 90 valence electrons. The first-order valence-electron chi connectivity index (χ1n) is 4.53. The quantitative estimate of drug-likeness (QED) is 0.670. The van der Waals surface area contributed by atoms with Crippen LogP contribution in [0, 0.1) is 6.92 Å². The van der Waals surface area contributed by atoms with Crippen LogP contribution in [-0.4, -0.2) is 9.97 Å². The molecule has 0 aromatic carbocycles.